The molecule has 0 saturated carbocycles. The number of hydrogen-bond donors (Lipinski definition) is 2. The molecular formula is C22H30N2O3. The van der Waals surface area contributed by atoms with E-state index >= 15 is 0 Å². The fraction of sp³-hybridized carbons (Fsp3) is 0.455. The van der Waals surface area contributed by atoms with Gasteiger partial charge in [0.05, 0.1) is 0 Å². The first-order valence-corrected chi connectivity index (χ1v) is 9.66. The van der Waals surface area contributed by atoms with Gasteiger partial charge in [0, 0.05) is 38.4 Å². The number of hydrogen-bond acceptors (Lipinski definition) is 5. The van der Waals surface area contributed by atoms with Crippen molar-refractivity contribution in [2.45, 2.75) is 25.9 Å². The second-order valence-corrected chi connectivity index (χ2v) is 7.56. The van der Waals surface area contributed by atoms with Crippen LogP contribution in [0.5, 0.6) is 11.5 Å². The van der Waals surface area contributed by atoms with Crippen molar-refractivity contribution >= 4 is 5.69 Å². The first kappa shape index (κ1) is 19.5. The molecule has 0 unspecified atom stereocenters. The maximum absolute atomic E-state index is 10.7. The van der Waals surface area contributed by atoms with Gasteiger partial charge in [-0.3, -0.25) is 4.90 Å². The van der Waals surface area contributed by atoms with E-state index in [1.165, 1.54) is 11.3 Å². The summed E-state index contributed by atoms with van der Waals surface area (Å²) in [6, 6.07) is 15.4. The van der Waals surface area contributed by atoms with E-state index in [0.29, 0.717) is 12.3 Å². The quantitative estimate of drug-likeness (QED) is 0.785. The minimum atomic E-state index is -0.928. The van der Waals surface area contributed by atoms with E-state index < -0.39 is 5.60 Å². The van der Waals surface area contributed by atoms with Crippen molar-refractivity contribution in [3.8, 4) is 11.5 Å². The number of aliphatic hydroxyl groups is 1. The van der Waals surface area contributed by atoms with Crippen molar-refractivity contribution < 1.29 is 14.9 Å². The minimum Gasteiger partial charge on any atom is -0.508 e. The molecule has 2 aromatic rings. The van der Waals surface area contributed by atoms with Gasteiger partial charge in [-0.1, -0.05) is 19.1 Å². The molecule has 0 aromatic heterocycles. The Morgan fingerprint density at radius 2 is 1.59 bits per heavy atom. The molecule has 1 heterocycles. The third-order valence-corrected chi connectivity index (χ3v) is 5.03. The van der Waals surface area contributed by atoms with Gasteiger partial charge in [0.25, 0.3) is 0 Å². The van der Waals surface area contributed by atoms with Crippen LogP contribution in [-0.2, 0) is 6.42 Å². The van der Waals surface area contributed by atoms with Crippen LogP contribution in [0.2, 0.25) is 0 Å². The summed E-state index contributed by atoms with van der Waals surface area (Å²) >= 11 is 0. The summed E-state index contributed by atoms with van der Waals surface area (Å²) in [4.78, 5) is 4.69. The highest BCUT2D eigenvalue weighted by molar-refractivity contribution is 5.48. The van der Waals surface area contributed by atoms with Gasteiger partial charge >= 0.3 is 0 Å². The molecule has 1 aliphatic heterocycles. The molecule has 0 aliphatic carbocycles. The Bertz CT molecular complexity index is 705. The standard InChI is InChI=1S/C22H30N2O3/c1-3-18-4-6-19(7-5-18)24-14-12-23(13-15-24)16-22(2,26)17-27-21-10-8-20(25)9-11-21/h4-11,25-26H,3,12-17H2,1-2H3/t22-/m1/s1. The highest BCUT2D eigenvalue weighted by atomic mass is 16.5. The summed E-state index contributed by atoms with van der Waals surface area (Å²) in [5, 5.41) is 20.0. The van der Waals surface area contributed by atoms with E-state index in [1.54, 1.807) is 24.3 Å². The summed E-state index contributed by atoms with van der Waals surface area (Å²) in [6.45, 7) is 8.54. The van der Waals surface area contributed by atoms with Gasteiger partial charge in [-0.25, -0.2) is 0 Å². The minimum absolute atomic E-state index is 0.205. The molecule has 1 atom stereocenters. The average Bonchev–Trinajstić information content (AvgIpc) is 2.68. The molecule has 3 rings (SSSR count). The molecule has 1 saturated heterocycles. The fourth-order valence-corrected chi connectivity index (χ4v) is 3.42. The number of aromatic hydroxyl groups is 1. The van der Waals surface area contributed by atoms with Crippen LogP contribution in [0.1, 0.15) is 19.4 Å². The van der Waals surface area contributed by atoms with Crippen molar-refractivity contribution in [1.29, 1.82) is 0 Å². The Balaban J connectivity index is 1.46. The second kappa shape index (κ2) is 8.63. The van der Waals surface area contributed by atoms with Crippen LogP contribution in [0.25, 0.3) is 0 Å². The van der Waals surface area contributed by atoms with Crippen LogP contribution in [0.15, 0.2) is 48.5 Å². The number of nitrogens with zero attached hydrogens (tertiary/aromatic N) is 2. The van der Waals surface area contributed by atoms with E-state index in [1.807, 2.05) is 6.92 Å². The van der Waals surface area contributed by atoms with Crippen LogP contribution in [-0.4, -0.2) is 60.0 Å². The molecule has 0 amide bonds. The maximum Gasteiger partial charge on any atom is 0.119 e. The summed E-state index contributed by atoms with van der Waals surface area (Å²) in [5.74, 6) is 0.852. The molecule has 146 valence electrons. The lowest BCUT2D eigenvalue weighted by molar-refractivity contribution is -0.0184. The number of phenolic OH excluding ortho intramolecular Hbond substituents is 1. The average molecular weight is 370 g/mol. The van der Waals surface area contributed by atoms with Crippen LogP contribution in [0.3, 0.4) is 0 Å². The maximum atomic E-state index is 10.7. The van der Waals surface area contributed by atoms with Gasteiger partial charge in [0.15, 0.2) is 0 Å². The molecule has 27 heavy (non-hydrogen) atoms. The Morgan fingerprint density at radius 3 is 2.19 bits per heavy atom. The normalized spacial score (nSPS) is 17.5. The predicted octanol–water partition coefficient (Wildman–Crippen LogP) is 2.91. The summed E-state index contributed by atoms with van der Waals surface area (Å²) < 4.78 is 5.68. The molecule has 0 bridgehead atoms. The SMILES string of the molecule is CCc1ccc(N2CCN(C[C@@](C)(O)COc3ccc(O)cc3)CC2)cc1. The summed E-state index contributed by atoms with van der Waals surface area (Å²) in [6.07, 6.45) is 1.06. The molecule has 5 nitrogen and oxygen atoms in total. The molecule has 1 aliphatic rings. The van der Waals surface area contributed by atoms with Crippen molar-refractivity contribution in [1.82, 2.24) is 4.90 Å². The third-order valence-electron chi connectivity index (χ3n) is 5.03. The topological polar surface area (TPSA) is 56.2 Å². The van der Waals surface area contributed by atoms with Crippen molar-refractivity contribution in [3.05, 3.63) is 54.1 Å². The first-order valence-electron chi connectivity index (χ1n) is 9.66. The van der Waals surface area contributed by atoms with Crippen LogP contribution in [0.4, 0.5) is 5.69 Å². The van der Waals surface area contributed by atoms with E-state index in [9.17, 15) is 10.2 Å². The van der Waals surface area contributed by atoms with E-state index in [0.717, 1.165) is 32.6 Å². The Hall–Kier alpha value is -2.24. The molecular weight excluding hydrogens is 340 g/mol. The molecule has 5 heteroatoms. The lowest BCUT2D eigenvalue weighted by Gasteiger charge is -2.39. The van der Waals surface area contributed by atoms with Gasteiger partial charge in [-0.2, -0.15) is 0 Å². The van der Waals surface area contributed by atoms with E-state index in [2.05, 4.69) is 41.0 Å². The number of ether oxygens (including phenoxy) is 1. The predicted molar refractivity (Wildman–Crippen MR) is 109 cm³/mol. The summed E-state index contributed by atoms with van der Waals surface area (Å²) in [5.41, 5.74) is 1.71. The van der Waals surface area contributed by atoms with Crippen LogP contribution in [0, 0.1) is 0 Å². The van der Waals surface area contributed by atoms with Gasteiger partial charge < -0.3 is 19.8 Å². The number of benzene rings is 2. The highest BCUT2D eigenvalue weighted by Crippen LogP contribution is 2.20. The third kappa shape index (κ3) is 5.62. The number of rotatable bonds is 7. The van der Waals surface area contributed by atoms with Gasteiger partial charge in [-0.15, -0.1) is 0 Å². The lowest BCUT2D eigenvalue weighted by Crippen LogP contribution is -2.52. The number of phenols is 1. The van der Waals surface area contributed by atoms with Crippen LogP contribution < -0.4 is 9.64 Å². The number of aryl methyl sites for hydroxylation is 1. The first-order chi connectivity index (χ1) is 12.9. The summed E-state index contributed by atoms with van der Waals surface area (Å²) in [7, 11) is 0. The number of piperazine rings is 1. The second-order valence-electron chi connectivity index (χ2n) is 7.56. The Kier molecular flexibility index (Phi) is 6.24. The number of anilines is 1. The van der Waals surface area contributed by atoms with Crippen LogP contribution >= 0.6 is 0 Å². The lowest BCUT2D eigenvalue weighted by atomic mass is 10.1. The van der Waals surface area contributed by atoms with E-state index in [-0.39, 0.29) is 12.4 Å². The zero-order valence-electron chi connectivity index (χ0n) is 16.3. The molecule has 2 N–H and O–H groups in total. The van der Waals surface area contributed by atoms with Gasteiger partial charge in [0.2, 0.25) is 0 Å². The van der Waals surface area contributed by atoms with Crippen molar-refractivity contribution in [2.75, 3.05) is 44.2 Å². The molecule has 0 radical (unpaired) electrons. The Morgan fingerprint density at radius 1 is 0.963 bits per heavy atom. The zero-order chi connectivity index (χ0) is 19.3. The monoisotopic (exact) mass is 370 g/mol. The highest BCUT2D eigenvalue weighted by Gasteiger charge is 2.27. The largest absolute Gasteiger partial charge is 0.508 e. The molecule has 1 fully saturated rings. The zero-order valence-corrected chi connectivity index (χ0v) is 16.3. The molecule has 0 spiro atoms. The van der Waals surface area contributed by atoms with Crippen molar-refractivity contribution in [3.63, 3.8) is 0 Å². The molecule has 2 aromatic carbocycles. The van der Waals surface area contributed by atoms with E-state index in [4.69, 9.17) is 4.74 Å². The van der Waals surface area contributed by atoms with Gasteiger partial charge in [0.1, 0.15) is 23.7 Å². The smallest absolute Gasteiger partial charge is 0.119 e. The Labute approximate surface area is 161 Å². The van der Waals surface area contributed by atoms with Gasteiger partial charge in [-0.05, 0) is 55.3 Å². The number of β-amino-alcohol motifs (C(OH)–C–C–N with tert-alkyl or cyclic N) is 1. The fourth-order valence-electron chi connectivity index (χ4n) is 3.42. The van der Waals surface area contributed by atoms with Crippen molar-refractivity contribution in [2.24, 2.45) is 0 Å².